The van der Waals surface area contributed by atoms with Gasteiger partial charge in [-0.25, -0.2) is 4.79 Å². The minimum atomic E-state index is -1.22. The van der Waals surface area contributed by atoms with Gasteiger partial charge >= 0.3 is 11.9 Å². The van der Waals surface area contributed by atoms with E-state index in [9.17, 15) is 14.4 Å². The molecule has 1 amide bonds. The zero-order valence-electron chi connectivity index (χ0n) is 9.73. The van der Waals surface area contributed by atoms with Gasteiger partial charge in [-0.15, -0.1) is 0 Å². The summed E-state index contributed by atoms with van der Waals surface area (Å²) in [6.45, 7) is 3.09. The summed E-state index contributed by atoms with van der Waals surface area (Å²) in [7, 11) is 0. The minimum Gasteiger partial charge on any atom is -0.481 e. The summed E-state index contributed by atoms with van der Waals surface area (Å²) in [6.07, 6.45) is -0.229. The third-order valence-corrected chi connectivity index (χ3v) is 2.06. The van der Waals surface area contributed by atoms with Gasteiger partial charge < -0.3 is 20.8 Å². The summed E-state index contributed by atoms with van der Waals surface area (Å²) in [5, 5.41) is 22.4. The Morgan fingerprint density at radius 3 is 2.29 bits per heavy atom. The molecule has 0 heterocycles. The summed E-state index contributed by atoms with van der Waals surface area (Å²) in [5.74, 6) is -2.70. The molecule has 0 bridgehead atoms. The third kappa shape index (κ3) is 8.21. The van der Waals surface area contributed by atoms with E-state index in [-0.39, 0.29) is 19.3 Å². The molecule has 0 spiro atoms. The van der Waals surface area contributed by atoms with Crippen molar-refractivity contribution in [3.8, 4) is 0 Å². The Labute approximate surface area is 99.2 Å². The minimum absolute atomic E-state index is 0.113. The highest BCUT2D eigenvalue weighted by molar-refractivity contribution is 5.84. The SMILES string of the molecule is CCNCCC(=O)NC(CCC(=O)O)C(=O)O. The van der Waals surface area contributed by atoms with Crippen LogP contribution in [-0.2, 0) is 14.4 Å². The second-order valence-corrected chi connectivity index (χ2v) is 3.49. The van der Waals surface area contributed by atoms with E-state index in [1.54, 1.807) is 0 Å². The Bertz CT molecular complexity index is 280. The van der Waals surface area contributed by atoms with E-state index in [0.29, 0.717) is 6.54 Å². The van der Waals surface area contributed by atoms with Crippen molar-refractivity contribution < 1.29 is 24.6 Å². The van der Waals surface area contributed by atoms with E-state index in [1.165, 1.54) is 0 Å². The molecule has 1 unspecified atom stereocenters. The predicted molar refractivity (Wildman–Crippen MR) is 59.6 cm³/mol. The fourth-order valence-electron chi connectivity index (χ4n) is 1.17. The molecular formula is C10H18N2O5. The Kier molecular flexibility index (Phi) is 7.70. The van der Waals surface area contributed by atoms with Gasteiger partial charge in [-0.1, -0.05) is 6.92 Å². The zero-order chi connectivity index (χ0) is 13.3. The lowest BCUT2D eigenvalue weighted by Gasteiger charge is -2.13. The van der Waals surface area contributed by atoms with E-state index in [0.717, 1.165) is 6.54 Å². The van der Waals surface area contributed by atoms with Crippen LogP contribution in [0.15, 0.2) is 0 Å². The fraction of sp³-hybridized carbons (Fsp3) is 0.700. The van der Waals surface area contributed by atoms with Crippen LogP contribution in [0.5, 0.6) is 0 Å². The van der Waals surface area contributed by atoms with Crippen molar-refractivity contribution in [3.05, 3.63) is 0 Å². The molecule has 0 fully saturated rings. The molecule has 0 aliphatic heterocycles. The monoisotopic (exact) mass is 246 g/mol. The molecule has 4 N–H and O–H groups in total. The quantitative estimate of drug-likeness (QED) is 0.404. The lowest BCUT2D eigenvalue weighted by molar-refractivity contribution is -0.143. The molecule has 0 aromatic heterocycles. The van der Waals surface area contributed by atoms with Crippen molar-refractivity contribution in [1.82, 2.24) is 10.6 Å². The van der Waals surface area contributed by atoms with E-state index in [1.807, 2.05) is 6.92 Å². The normalized spacial score (nSPS) is 11.8. The number of hydrogen-bond acceptors (Lipinski definition) is 4. The number of amides is 1. The molecule has 7 nitrogen and oxygen atoms in total. The van der Waals surface area contributed by atoms with Crippen molar-refractivity contribution in [3.63, 3.8) is 0 Å². The summed E-state index contributed by atoms with van der Waals surface area (Å²) in [5.41, 5.74) is 0. The number of hydrogen-bond donors (Lipinski definition) is 4. The van der Waals surface area contributed by atoms with Crippen molar-refractivity contribution in [2.75, 3.05) is 13.1 Å². The first-order chi connectivity index (χ1) is 7.97. The Balaban J connectivity index is 4.02. The number of carboxylic acid groups (broad SMARTS) is 2. The van der Waals surface area contributed by atoms with E-state index >= 15 is 0 Å². The van der Waals surface area contributed by atoms with Crippen LogP contribution in [0.25, 0.3) is 0 Å². The van der Waals surface area contributed by atoms with Crippen LogP contribution < -0.4 is 10.6 Å². The first-order valence-electron chi connectivity index (χ1n) is 5.42. The van der Waals surface area contributed by atoms with Crippen LogP contribution in [0, 0.1) is 0 Å². The fourth-order valence-corrected chi connectivity index (χ4v) is 1.17. The largest absolute Gasteiger partial charge is 0.481 e. The number of carbonyl (C=O) groups excluding carboxylic acids is 1. The summed E-state index contributed by atoms with van der Waals surface area (Å²) >= 11 is 0. The van der Waals surface area contributed by atoms with Crippen LogP contribution in [0.2, 0.25) is 0 Å². The van der Waals surface area contributed by atoms with Gasteiger partial charge in [0.1, 0.15) is 6.04 Å². The third-order valence-electron chi connectivity index (χ3n) is 2.06. The summed E-state index contributed by atoms with van der Waals surface area (Å²) < 4.78 is 0. The van der Waals surface area contributed by atoms with Crippen molar-refractivity contribution >= 4 is 17.8 Å². The predicted octanol–water partition coefficient (Wildman–Crippen LogP) is -0.580. The van der Waals surface area contributed by atoms with Crippen LogP contribution >= 0.6 is 0 Å². The van der Waals surface area contributed by atoms with Gasteiger partial charge in [-0.3, -0.25) is 9.59 Å². The second-order valence-electron chi connectivity index (χ2n) is 3.49. The average molecular weight is 246 g/mol. The highest BCUT2D eigenvalue weighted by Gasteiger charge is 2.20. The summed E-state index contributed by atoms with van der Waals surface area (Å²) in [4.78, 5) is 32.4. The van der Waals surface area contributed by atoms with E-state index in [2.05, 4.69) is 10.6 Å². The van der Waals surface area contributed by atoms with Crippen LogP contribution in [0.3, 0.4) is 0 Å². The van der Waals surface area contributed by atoms with E-state index in [4.69, 9.17) is 10.2 Å². The highest BCUT2D eigenvalue weighted by atomic mass is 16.4. The maximum absolute atomic E-state index is 11.3. The standard InChI is InChI=1S/C10H18N2O5/c1-2-11-6-5-8(13)12-7(10(16)17)3-4-9(14)15/h7,11H,2-6H2,1H3,(H,12,13)(H,14,15)(H,16,17). The molecule has 98 valence electrons. The molecule has 7 heteroatoms. The summed E-state index contributed by atoms with van der Waals surface area (Å²) in [6, 6.07) is -1.14. The lowest BCUT2D eigenvalue weighted by Crippen LogP contribution is -2.41. The molecule has 1 atom stereocenters. The number of rotatable bonds is 9. The van der Waals surface area contributed by atoms with Gasteiger partial charge in [0.2, 0.25) is 5.91 Å². The molecule has 0 rings (SSSR count). The molecule has 0 aliphatic rings. The van der Waals surface area contributed by atoms with Gasteiger partial charge in [-0.05, 0) is 13.0 Å². The molecule has 0 saturated carbocycles. The first-order valence-corrected chi connectivity index (χ1v) is 5.42. The van der Waals surface area contributed by atoms with E-state index < -0.39 is 23.9 Å². The number of carbonyl (C=O) groups is 3. The number of aliphatic carboxylic acids is 2. The van der Waals surface area contributed by atoms with Crippen LogP contribution in [0.4, 0.5) is 0 Å². The molecule has 0 radical (unpaired) electrons. The van der Waals surface area contributed by atoms with Crippen molar-refractivity contribution in [2.24, 2.45) is 0 Å². The average Bonchev–Trinajstić information content (AvgIpc) is 2.23. The van der Waals surface area contributed by atoms with Gasteiger partial charge in [0.05, 0.1) is 0 Å². The van der Waals surface area contributed by atoms with Gasteiger partial charge in [0, 0.05) is 19.4 Å². The van der Waals surface area contributed by atoms with Crippen molar-refractivity contribution in [1.29, 1.82) is 0 Å². The smallest absolute Gasteiger partial charge is 0.326 e. The number of carboxylic acids is 2. The molecule has 0 aliphatic carbocycles. The maximum atomic E-state index is 11.3. The Hall–Kier alpha value is -1.63. The zero-order valence-corrected chi connectivity index (χ0v) is 9.73. The van der Waals surface area contributed by atoms with Gasteiger partial charge in [0.25, 0.3) is 0 Å². The topological polar surface area (TPSA) is 116 Å². The van der Waals surface area contributed by atoms with Crippen molar-refractivity contribution in [2.45, 2.75) is 32.2 Å². The first kappa shape index (κ1) is 15.4. The van der Waals surface area contributed by atoms with Crippen LogP contribution in [-0.4, -0.2) is 47.2 Å². The Morgan fingerprint density at radius 1 is 1.18 bits per heavy atom. The number of nitrogens with one attached hydrogen (secondary N) is 2. The van der Waals surface area contributed by atoms with Gasteiger partial charge in [-0.2, -0.15) is 0 Å². The molecule has 0 aromatic carbocycles. The molecule has 0 saturated heterocycles. The van der Waals surface area contributed by atoms with Crippen LogP contribution in [0.1, 0.15) is 26.2 Å². The molecule has 0 aromatic rings. The van der Waals surface area contributed by atoms with Gasteiger partial charge in [0.15, 0.2) is 0 Å². The Morgan fingerprint density at radius 2 is 1.82 bits per heavy atom. The molecular weight excluding hydrogens is 228 g/mol. The maximum Gasteiger partial charge on any atom is 0.326 e. The molecule has 17 heavy (non-hydrogen) atoms. The second kappa shape index (κ2) is 8.51. The highest BCUT2D eigenvalue weighted by Crippen LogP contribution is 1.98. The lowest BCUT2D eigenvalue weighted by atomic mass is 10.1.